The zero-order valence-electron chi connectivity index (χ0n) is 13.4. The number of nitrogens with one attached hydrogen (secondary N) is 1. The molecule has 0 saturated carbocycles. The third kappa shape index (κ3) is 4.82. The first kappa shape index (κ1) is 16.5. The summed E-state index contributed by atoms with van der Waals surface area (Å²) < 4.78 is 23.2. The largest absolute Gasteiger partial charge is 0.314 e. The van der Waals surface area contributed by atoms with Crippen LogP contribution in [0.5, 0.6) is 0 Å². The highest BCUT2D eigenvalue weighted by Crippen LogP contribution is 2.24. The maximum Gasteiger partial charge on any atom is 0.150 e. The Labute approximate surface area is 129 Å². The molecule has 1 aromatic carbocycles. The highest BCUT2D eigenvalue weighted by atomic mass is 32.2. The van der Waals surface area contributed by atoms with E-state index in [2.05, 4.69) is 44.3 Å². The molecule has 1 aliphatic heterocycles. The summed E-state index contributed by atoms with van der Waals surface area (Å²) in [5.74, 6) is 1.08. The van der Waals surface area contributed by atoms with Gasteiger partial charge >= 0.3 is 0 Å². The molecule has 0 aliphatic carbocycles. The number of likely N-dealkylation sites (N-methyl/N-ethyl adjacent to an activating group) is 1. The zero-order valence-corrected chi connectivity index (χ0v) is 14.2. The number of sulfone groups is 1. The molecule has 0 aromatic heterocycles. The molecule has 1 heterocycles. The number of hydrogen-bond donors (Lipinski definition) is 1. The molecular weight excluding hydrogens is 282 g/mol. The highest BCUT2D eigenvalue weighted by molar-refractivity contribution is 7.91. The second kappa shape index (κ2) is 6.93. The van der Waals surface area contributed by atoms with E-state index in [1.54, 1.807) is 0 Å². The summed E-state index contributed by atoms with van der Waals surface area (Å²) in [6.07, 6.45) is 2.77. The molecule has 1 saturated heterocycles. The van der Waals surface area contributed by atoms with Crippen molar-refractivity contribution in [1.82, 2.24) is 5.32 Å². The second-order valence-electron chi connectivity index (χ2n) is 6.38. The minimum atomic E-state index is -2.77. The van der Waals surface area contributed by atoms with Crippen molar-refractivity contribution in [1.29, 1.82) is 0 Å². The van der Waals surface area contributed by atoms with Gasteiger partial charge in [0.2, 0.25) is 0 Å². The van der Waals surface area contributed by atoms with Crippen LogP contribution in [0.4, 0.5) is 0 Å². The van der Waals surface area contributed by atoms with Crippen molar-refractivity contribution in [3.8, 4) is 0 Å². The lowest BCUT2D eigenvalue weighted by Crippen LogP contribution is -2.33. The van der Waals surface area contributed by atoms with Crippen molar-refractivity contribution in [2.75, 3.05) is 18.1 Å². The van der Waals surface area contributed by atoms with Gasteiger partial charge in [0.05, 0.1) is 11.5 Å². The van der Waals surface area contributed by atoms with E-state index in [0.717, 1.165) is 25.8 Å². The average molecular weight is 309 g/mol. The summed E-state index contributed by atoms with van der Waals surface area (Å²) in [7, 11) is -2.77. The molecule has 0 radical (unpaired) electrons. The van der Waals surface area contributed by atoms with Crippen LogP contribution in [-0.2, 0) is 16.3 Å². The van der Waals surface area contributed by atoms with Gasteiger partial charge in [0, 0.05) is 6.04 Å². The van der Waals surface area contributed by atoms with Gasteiger partial charge in [-0.05, 0) is 62.3 Å². The van der Waals surface area contributed by atoms with Gasteiger partial charge in [0.25, 0.3) is 0 Å². The van der Waals surface area contributed by atoms with Crippen LogP contribution in [0.25, 0.3) is 0 Å². The molecule has 1 aliphatic rings. The Kier molecular flexibility index (Phi) is 5.44. The SMILES string of the molecule is CCNC(Cc1ccc(C)c(C)c1)CC1CCS(=O)(=O)C1. The van der Waals surface area contributed by atoms with E-state index < -0.39 is 9.84 Å². The van der Waals surface area contributed by atoms with Gasteiger partial charge in [0.15, 0.2) is 9.84 Å². The molecule has 1 N–H and O–H groups in total. The van der Waals surface area contributed by atoms with Gasteiger partial charge in [-0.3, -0.25) is 0 Å². The van der Waals surface area contributed by atoms with Crippen LogP contribution >= 0.6 is 0 Å². The highest BCUT2D eigenvalue weighted by Gasteiger charge is 2.29. The lowest BCUT2D eigenvalue weighted by molar-refractivity contribution is 0.409. The monoisotopic (exact) mass is 309 g/mol. The first-order valence-corrected chi connectivity index (χ1v) is 9.71. The molecule has 1 fully saturated rings. The van der Waals surface area contributed by atoms with Gasteiger partial charge in [-0.25, -0.2) is 8.42 Å². The first-order chi connectivity index (χ1) is 9.89. The summed E-state index contributed by atoms with van der Waals surface area (Å²) in [5, 5.41) is 3.52. The Morgan fingerprint density at radius 2 is 2.05 bits per heavy atom. The van der Waals surface area contributed by atoms with E-state index in [1.165, 1.54) is 16.7 Å². The molecule has 2 rings (SSSR count). The van der Waals surface area contributed by atoms with Crippen molar-refractivity contribution in [2.45, 2.75) is 46.1 Å². The topological polar surface area (TPSA) is 46.2 Å². The summed E-state index contributed by atoms with van der Waals surface area (Å²) in [5.41, 5.74) is 3.98. The maximum atomic E-state index is 11.6. The van der Waals surface area contributed by atoms with Crippen LogP contribution in [0.1, 0.15) is 36.5 Å². The fourth-order valence-electron chi connectivity index (χ4n) is 3.20. The standard InChI is InChI=1S/C17H27NO2S/c1-4-18-17(11-16-7-8-21(19,20)12-16)10-15-6-5-13(2)14(3)9-15/h5-6,9,16-18H,4,7-8,10-12H2,1-3H3. The molecule has 0 spiro atoms. The third-order valence-electron chi connectivity index (χ3n) is 4.49. The van der Waals surface area contributed by atoms with E-state index in [4.69, 9.17) is 0 Å². The number of aryl methyl sites for hydroxylation is 2. The second-order valence-corrected chi connectivity index (χ2v) is 8.61. The predicted octanol–water partition coefficient (Wildman–Crippen LogP) is 2.65. The maximum absolute atomic E-state index is 11.6. The Balaban J connectivity index is 2.00. The fraction of sp³-hybridized carbons (Fsp3) is 0.647. The zero-order chi connectivity index (χ0) is 15.5. The minimum absolute atomic E-state index is 0.325. The van der Waals surface area contributed by atoms with Gasteiger partial charge in [-0.1, -0.05) is 25.1 Å². The molecule has 2 atom stereocenters. The fourth-order valence-corrected chi connectivity index (χ4v) is 5.08. The molecule has 4 heteroatoms. The number of rotatable bonds is 6. The lowest BCUT2D eigenvalue weighted by atomic mass is 9.93. The van der Waals surface area contributed by atoms with E-state index in [-0.39, 0.29) is 0 Å². The molecule has 118 valence electrons. The Morgan fingerprint density at radius 1 is 1.29 bits per heavy atom. The van der Waals surface area contributed by atoms with Gasteiger partial charge in [-0.15, -0.1) is 0 Å². The first-order valence-electron chi connectivity index (χ1n) is 7.89. The van der Waals surface area contributed by atoms with Crippen LogP contribution in [0.2, 0.25) is 0 Å². The van der Waals surface area contributed by atoms with E-state index in [0.29, 0.717) is 23.5 Å². The molecule has 2 unspecified atom stereocenters. The van der Waals surface area contributed by atoms with Crippen LogP contribution in [0, 0.1) is 19.8 Å². The smallest absolute Gasteiger partial charge is 0.150 e. The molecule has 3 nitrogen and oxygen atoms in total. The van der Waals surface area contributed by atoms with Crippen LogP contribution < -0.4 is 5.32 Å². The van der Waals surface area contributed by atoms with Crippen molar-refractivity contribution < 1.29 is 8.42 Å². The number of hydrogen-bond acceptors (Lipinski definition) is 3. The summed E-state index contributed by atoms with van der Waals surface area (Å²) >= 11 is 0. The Bertz CT molecular complexity index is 580. The Hall–Kier alpha value is -0.870. The lowest BCUT2D eigenvalue weighted by Gasteiger charge is -2.21. The van der Waals surface area contributed by atoms with E-state index >= 15 is 0 Å². The van der Waals surface area contributed by atoms with E-state index in [1.807, 2.05) is 0 Å². The third-order valence-corrected chi connectivity index (χ3v) is 6.33. The molecule has 1 aromatic rings. The summed E-state index contributed by atoms with van der Waals surface area (Å²) in [6, 6.07) is 6.99. The molecule has 21 heavy (non-hydrogen) atoms. The van der Waals surface area contributed by atoms with E-state index in [9.17, 15) is 8.42 Å². The molecule has 0 bridgehead atoms. The summed E-state index contributed by atoms with van der Waals surface area (Å²) in [6.45, 7) is 7.31. The normalized spacial score (nSPS) is 22.3. The van der Waals surface area contributed by atoms with Crippen molar-refractivity contribution in [2.24, 2.45) is 5.92 Å². The van der Waals surface area contributed by atoms with Crippen molar-refractivity contribution in [3.63, 3.8) is 0 Å². The Morgan fingerprint density at radius 3 is 2.62 bits per heavy atom. The van der Waals surface area contributed by atoms with Crippen molar-refractivity contribution >= 4 is 9.84 Å². The molecule has 0 amide bonds. The van der Waals surface area contributed by atoms with Gasteiger partial charge in [0.1, 0.15) is 0 Å². The van der Waals surface area contributed by atoms with Gasteiger partial charge < -0.3 is 5.32 Å². The number of benzene rings is 1. The van der Waals surface area contributed by atoms with Crippen LogP contribution in [0.15, 0.2) is 18.2 Å². The minimum Gasteiger partial charge on any atom is -0.314 e. The van der Waals surface area contributed by atoms with Crippen molar-refractivity contribution in [3.05, 3.63) is 34.9 Å². The average Bonchev–Trinajstić information content (AvgIpc) is 2.73. The van der Waals surface area contributed by atoms with Gasteiger partial charge in [-0.2, -0.15) is 0 Å². The summed E-state index contributed by atoms with van der Waals surface area (Å²) in [4.78, 5) is 0. The quantitative estimate of drug-likeness (QED) is 0.879. The molecular formula is C17H27NO2S. The van der Waals surface area contributed by atoms with Crippen LogP contribution in [0.3, 0.4) is 0 Å². The predicted molar refractivity (Wildman–Crippen MR) is 88.5 cm³/mol. The van der Waals surface area contributed by atoms with Crippen LogP contribution in [-0.4, -0.2) is 32.5 Å².